The summed E-state index contributed by atoms with van der Waals surface area (Å²) in [5.74, 6) is 0.523. The molecule has 0 aliphatic carbocycles. The predicted molar refractivity (Wildman–Crippen MR) is 65.0 cm³/mol. The van der Waals surface area contributed by atoms with Crippen molar-refractivity contribution in [3.8, 4) is 5.75 Å². The van der Waals surface area contributed by atoms with Crippen LogP contribution in [0.2, 0.25) is 0 Å². The second-order valence-corrected chi connectivity index (χ2v) is 3.89. The third-order valence-corrected chi connectivity index (χ3v) is 2.12. The van der Waals surface area contributed by atoms with E-state index in [1.807, 2.05) is 31.2 Å². The van der Waals surface area contributed by atoms with E-state index < -0.39 is 0 Å². The quantitative estimate of drug-likeness (QED) is 0.812. The van der Waals surface area contributed by atoms with Crippen molar-refractivity contribution >= 4 is 11.7 Å². The van der Waals surface area contributed by atoms with Crippen LogP contribution in [0, 0.1) is 6.92 Å². The number of benzene rings is 1. The Balaban J connectivity index is 2.23. The highest BCUT2D eigenvalue weighted by atomic mass is 16.5. The van der Waals surface area contributed by atoms with Gasteiger partial charge in [-0.2, -0.15) is 0 Å². The summed E-state index contributed by atoms with van der Waals surface area (Å²) < 4.78 is 5.42. The van der Waals surface area contributed by atoms with E-state index in [9.17, 15) is 9.59 Å². The lowest BCUT2D eigenvalue weighted by Gasteiger charge is -2.06. The molecule has 1 amide bonds. The first-order valence-corrected chi connectivity index (χ1v) is 5.53. The standard InChI is InChI=1S/C13H17NO3/c1-10-4-3-5-12(8-10)17-7-6-13(16)14-9-11(2)15/h3-5,8H,6-7,9H2,1-2H3,(H,14,16). The van der Waals surface area contributed by atoms with E-state index in [2.05, 4.69) is 5.32 Å². The molecule has 1 rings (SSSR count). The second-order valence-electron chi connectivity index (χ2n) is 3.89. The Hall–Kier alpha value is -1.84. The van der Waals surface area contributed by atoms with Crippen molar-refractivity contribution < 1.29 is 14.3 Å². The smallest absolute Gasteiger partial charge is 0.223 e. The van der Waals surface area contributed by atoms with Gasteiger partial charge in [-0.25, -0.2) is 0 Å². The Morgan fingerprint density at radius 2 is 2.12 bits per heavy atom. The van der Waals surface area contributed by atoms with Crippen LogP contribution in [0.3, 0.4) is 0 Å². The molecule has 0 saturated heterocycles. The molecule has 92 valence electrons. The van der Waals surface area contributed by atoms with E-state index in [4.69, 9.17) is 4.74 Å². The molecule has 0 fully saturated rings. The average Bonchev–Trinajstić information content (AvgIpc) is 2.26. The average molecular weight is 235 g/mol. The lowest BCUT2D eigenvalue weighted by Crippen LogP contribution is -2.29. The summed E-state index contributed by atoms with van der Waals surface area (Å²) in [6, 6.07) is 7.64. The lowest BCUT2D eigenvalue weighted by molar-refractivity contribution is -0.124. The summed E-state index contributed by atoms with van der Waals surface area (Å²) in [7, 11) is 0. The van der Waals surface area contributed by atoms with Crippen molar-refractivity contribution in [2.24, 2.45) is 0 Å². The van der Waals surface area contributed by atoms with Crippen LogP contribution in [0.4, 0.5) is 0 Å². The van der Waals surface area contributed by atoms with Crippen LogP contribution in [0.5, 0.6) is 5.75 Å². The van der Waals surface area contributed by atoms with Crippen LogP contribution in [-0.2, 0) is 9.59 Å². The number of Topliss-reactive ketones (excluding diaryl/α,β-unsaturated/α-hetero) is 1. The van der Waals surface area contributed by atoms with Crippen LogP contribution in [0.15, 0.2) is 24.3 Å². The Bertz CT molecular complexity index is 401. The maximum absolute atomic E-state index is 11.3. The molecular weight excluding hydrogens is 218 g/mol. The normalized spacial score (nSPS) is 9.76. The van der Waals surface area contributed by atoms with Crippen molar-refractivity contribution in [3.63, 3.8) is 0 Å². The van der Waals surface area contributed by atoms with Crippen molar-refractivity contribution in [2.75, 3.05) is 13.2 Å². The van der Waals surface area contributed by atoms with E-state index in [0.29, 0.717) is 6.61 Å². The van der Waals surface area contributed by atoms with Crippen LogP contribution in [-0.4, -0.2) is 24.8 Å². The Kier molecular flexibility index (Phi) is 5.20. The molecule has 1 aromatic carbocycles. The number of carbonyl (C=O) groups excluding carboxylic acids is 2. The highest BCUT2D eigenvalue weighted by Crippen LogP contribution is 2.12. The molecule has 0 spiro atoms. The molecule has 0 saturated carbocycles. The van der Waals surface area contributed by atoms with Crippen LogP contribution < -0.4 is 10.1 Å². The molecule has 0 aliphatic rings. The fourth-order valence-corrected chi connectivity index (χ4v) is 1.28. The van der Waals surface area contributed by atoms with Gasteiger partial charge in [-0.1, -0.05) is 12.1 Å². The van der Waals surface area contributed by atoms with Crippen molar-refractivity contribution in [2.45, 2.75) is 20.3 Å². The minimum atomic E-state index is -0.173. The van der Waals surface area contributed by atoms with Crippen LogP contribution in [0.25, 0.3) is 0 Å². The predicted octanol–water partition coefficient (Wildman–Crippen LogP) is 1.47. The molecule has 0 unspecified atom stereocenters. The van der Waals surface area contributed by atoms with Crippen molar-refractivity contribution in [3.05, 3.63) is 29.8 Å². The van der Waals surface area contributed by atoms with Crippen LogP contribution in [0.1, 0.15) is 18.9 Å². The topological polar surface area (TPSA) is 55.4 Å². The van der Waals surface area contributed by atoms with Gasteiger partial charge in [0.2, 0.25) is 5.91 Å². The van der Waals surface area contributed by atoms with Crippen molar-refractivity contribution in [1.29, 1.82) is 0 Å². The summed E-state index contributed by atoms with van der Waals surface area (Å²) in [5, 5.41) is 2.51. The van der Waals surface area contributed by atoms with Gasteiger partial charge >= 0.3 is 0 Å². The number of amides is 1. The first-order chi connectivity index (χ1) is 8.08. The number of ether oxygens (including phenoxy) is 1. The summed E-state index contributed by atoms with van der Waals surface area (Å²) in [6.45, 7) is 3.81. The zero-order chi connectivity index (χ0) is 12.7. The molecular formula is C13H17NO3. The highest BCUT2D eigenvalue weighted by molar-refractivity contribution is 5.84. The number of nitrogens with one attached hydrogen (secondary N) is 1. The summed E-state index contributed by atoms with van der Waals surface area (Å²) >= 11 is 0. The van der Waals surface area contributed by atoms with Gasteiger partial charge in [0, 0.05) is 0 Å². The molecule has 4 heteroatoms. The van der Waals surface area contributed by atoms with E-state index in [1.165, 1.54) is 6.92 Å². The Morgan fingerprint density at radius 1 is 1.35 bits per heavy atom. The second kappa shape index (κ2) is 6.68. The maximum Gasteiger partial charge on any atom is 0.223 e. The van der Waals surface area contributed by atoms with E-state index >= 15 is 0 Å². The van der Waals surface area contributed by atoms with Gasteiger partial charge in [0.15, 0.2) is 0 Å². The minimum Gasteiger partial charge on any atom is -0.493 e. The molecule has 0 atom stereocenters. The van der Waals surface area contributed by atoms with E-state index in [-0.39, 0.29) is 24.7 Å². The summed E-state index contributed by atoms with van der Waals surface area (Å²) in [6.07, 6.45) is 0.251. The van der Waals surface area contributed by atoms with Gasteiger partial charge < -0.3 is 10.1 Å². The first kappa shape index (κ1) is 13.2. The van der Waals surface area contributed by atoms with Gasteiger partial charge in [0.05, 0.1) is 19.6 Å². The summed E-state index contributed by atoms with van der Waals surface area (Å²) in [4.78, 5) is 21.9. The number of aryl methyl sites for hydroxylation is 1. The van der Waals surface area contributed by atoms with Gasteiger partial charge in [0.25, 0.3) is 0 Å². The fraction of sp³-hybridized carbons (Fsp3) is 0.385. The molecule has 0 heterocycles. The van der Waals surface area contributed by atoms with Gasteiger partial charge in [-0.15, -0.1) is 0 Å². The molecule has 0 aliphatic heterocycles. The molecule has 1 N–H and O–H groups in total. The number of rotatable bonds is 6. The monoisotopic (exact) mass is 235 g/mol. The summed E-state index contributed by atoms with van der Waals surface area (Å²) in [5.41, 5.74) is 1.11. The molecule has 0 bridgehead atoms. The largest absolute Gasteiger partial charge is 0.493 e. The van der Waals surface area contributed by atoms with Gasteiger partial charge in [-0.3, -0.25) is 9.59 Å². The van der Waals surface area contributed by atoms with Gasteiger partial charge in [0.1, 0.15) is 11.5 Å². The number of ketones is 1. The highest BCUT2D eigenvalue weighted by Gasteiger charge is 2.02. The third-order valence-electron chi connectivity index (χ3n) is 2.12. The van der Waals surface area contributed by atoms with E-state index in [0.717, 1.165) is 11.3 Å². The van der Waals surface area contributed by atoms with E-state index in [1.54, 1.807) is 0 Å². The SMILES string of the molecule is CC(=O)CNC(=O)CCOc1cccc(C)c1. The molecule has 4 nitrogen and oxygen atoms in total. The van der Waals surface area contributed by atoms with Crippen molar-refractivity contribution in [1.82, 2.24) is 5.32 Å². The fourth-order valence-electron chi connectivity index (χ4n) is 1.28. The lowest BCUT2D eigenvalue weighted by atomic mass is 10.2. The number of hydrogen-bond acceptors (Lipinski definition) is 3. The number of carbonyl (C=O) groups is 2. The number of hydrogen-bond donors (Lipinski definition) is 1. The van der Waals surface area contributed by atoms with Crippen LogP contribution >= 0.6 is 0 Å². The first-order valence-electron chi connectivity index (χ1n) is 5.53. The Morgan fingerprint density at radius 3 is 2.76 bits per heavy atom. The maximum atomic E-state index is 11.3. The molecule has 17 heavy (non-hydrogen) atoms. The Labute approximate surface area is 101 Å². The van der Waals surface area contributed by atoms with Gasteiger partial charge in [-0.05, 0) is 31.5 Å². The zero-order valence-corrected chi connectivity index (χ0v) is 10.2. The molecule has 1 aromatic rings. The molecule has 0 aromatic heterocycles. The zero-order valence-electron chi connectivity index (χ0n) is 10.2. The molecule has 0 radical (unpaired) electrons. The third kappa shape index (κ3) is 5.70. The minimum absolute atomic E-state index is 0.0575.